The fourth-order valence-corrected chi connectivity index (χ4v) is 3.55. The molecular formula is C12H15IN2O2S. The van der Waals surface area contributed by atoms with Gasteiger partial charge in [-0.25, -0.2) is 0 Å². The van der Waals surface area contributed by atoms with Crippen LogP contribution in [-0.2, 0) is 4.79 Å². The fourth-order valence-electron chi connectivity index (χ4n) is 2.22. The summed E-state index contributed by atoms with van der Waals surface area (Å²) in [7, 11) is 0. The summed E-state index contributed by atoms with van der Waals surface area (Å²) in [6, 6.07) is 2.06. The van der Waals surface area contributed by atoms with Gasteiger partial charge in [0.1, 0.15) is 0 Å². The first-order valence-electron chi connectivity index (χ1n) is 5.90. The Hall–Kier alpha value is -0.630. The average molecular weight is 378 g/mol. The SMILES string of the molecule is NC(=O)C1CCC(NC(=O)c2csc(I)c2)CC1. The molecule has 2 amide bonds. The monoisotopic (exact) mass is 378 g/mol. The van der Waals surface area contributed by atoms with Crippen molar-refractivity contribution in [3.63, 3.8) is 0 Å². The van der Waals surface area contributed by atoms with E-state index in [2.05, 4.69) is 27.9 Å². The molecule has 0 aliphatic heterocycles. The molecular weight excluding hydrogens is 363 g/mol. The van der Waals surface area contributed by atoms with Gasteiger partial charge in [0.2, 0.25) is 5.91 Å². The summed E-state index contributed by atoms with van der Waals surface area (Å²) in [5, 5.41) is 4.89. The summed E-state index contributed by atoms with van der Waals surface area (Å²) in [6.07, 6.45) is 3.23. The van der Waals surface area contributed by atoms with Gasteiger partial charge in [-0.05, 0) is 54.3 Å². The zero-order chi connectivity index (χ0) is 13.1. The molecule has 0 aromatic carbocycles. The molecule has 0 saturated heterocycles. The molecule has 0 unspecified atom stereocenters. The van der Waals surface area contributed by atoms with Crippen LogP contribution in [0.3, 0.4) is 0 Å². The van der Waals surface area contributed by atoms with Crippen molar-refractivity contribution in [2.45, 2.75) is 31.7 Å². The summed E-state index contributed by atoms with van der Waals surface area (Å²) in [6.45, 7) is 0. The Morgan fingerprint density at radius 1 is 1.33 bits per heavy atom. The second-order valence-electron chi connectivity index (χ2n) is 4.56. The highest BCUT2D eigenvalue weighted by molar-refractivity contribution is 14.1. The number of hydrogen-bond donors (Lipinski definition) is 2. The third-order valence-corrected chi connectivity index (χ3v) is 5.08. The van der Waals surface area contributed by atoms with E-state index in [1.54, 1.807) is 11.3 Å². The number of primary amides is 1. The van der Waals surface area contributed by atoms with Crippen LogP contribution in [0.1, 0.15) is 36.0 Å². The average Bonchev–Trinajstić information content (AvgIpc) is 2.76. The maximum Gasteiger partial charge on any atom is 0.252 e. The molecule has 1 aromatic rings. The fraction of sp³-hybridized carbons (Fsp3) is 0.500. The Morgan fingerprint density at radius 3 is 2.50 bits per heavy atom. The Labute approximate surface area is 123 Å². The van der Waals surface area contributed by atoms with Gasteiger partial charge in [0.15, 0.2) is 0 Å². The van der Waals surface area contributed by atoms with Crippen molar-refractivity contribution >= 4 is 45.7 Å². The van der Waals surface area contributed by atoms with Gasteiger partial charge in [0.05, 0.1) is 8.45 Å². The molecule has 1 aliphatic carbocycles. The number of halogens is 1. The molecule has 6 heteroatoms. The molecule has 18 heavy (non-hydrogen) atoms. The van der Waals surface area contributed by atoms with Crippen molar-refractivity contribution in [1.29, 1.82) is 0 Å². The van der Waals surface area contributed by atoms with Gasteiger partial charge in [-0.2, -0.15) is 0 Å². The number of nitrogens with two attached hydrogens (primary N) is 1. The normalized spacial score (nSPS) is 23.6. The van der Waals surface area contributed by atoms with Gasteiger partial charge in [-0.1, -0.05) is 0 Å². The lowest BCUT2D eigenvalue weighted by Crippen LogP contribution is -2.39. The number of nitrogens with one attached hydrogen (secondary N) is 1. The zero-order valence-electron chi connectivity index (χ0n) is 9.82. The van der Waals surface area contributed by atoms with E-state index in [0.717, 1.165) is 34.1 Å². The maximum absolute atomic E-state index is 11.9. The van der Waals surface area contributed by atoms with Crippen LogP contribution in [0.5, 0.6) is 0 Å². The number of amides is 2. The summed E-state index contributed by atoms with van der Waals surface area (Å²) in [4.78, 5) is 23.0. The predicted octanol–water partition coefficient (Wildman–Crippen LogP) is 2.13. The first kappa shape index (κ1) is 13.8. The van der Waals surface area contributed by atoms with Crippen LogP contribution in [-0.4, -0.2) is 17.9 Å². The van der Waals surface area contributed by atoms with Gasteiger partial charge in [0.25, 0.3) is 5.91 Å². The van der Waals surface area contributed by atoms with E-state index in [9.17, 15) is 9.59 Å². The topological polar surface area (TPSA) is 72.2 Å². The third-order valence-electron chi connectivity index (χ3n) is 3.29. The molecule has 0 bridgehead atoms. The van der Waals surface area contributed by atoms with Crippen molar-refractivity contribution in [2.24, 2.45) is 11.7 Å². The molecule has 2 rings (SSSR count). The maximum atomic E-state index is 11.9. The van der Waals surface area contributed by atoms with Gasteiger partial charge in [-0.15, -0.1) is 11.3 Å². The Kier molecular flexibility index (Phi) is 4.60. The van der Waals surface area contributed by atoms with Crippen LogP contribution in [0.4, 0.5) is 0 Å². The van der Waals surface area contributed by atoms with Gasteiger partial charge >= 0.3 is 0 Å². The number of carbonyl (C=O) groups is 2. The van der Waals surface area contributed by atoms with Crippen LogP contribution in [0.25, 0.3) is 0 Å². The predicted molar refractivity (Wildman–Crippen MR) is 79.4 cm³/mol. The third kappa shape index (κ3) is 3.44. The lowest BCUT2D eigenvalue weighted by atomic mass is 9.85. The molecule has 1 heterocycles. The standard InChI is InChI=1S/C12H15IN2O2S/c13-10-5-8(6-18-10)12(17)15-9-3-1-7(2-4-9)11(14)16/h5-7,9H,1-4H2,(H2,14,16)(H,15,17). The first-order valence-corrected chi connectivity index (χ1v) is 7.86. The first-order chi connectivity index (χ1) is 8.56. The second kappa shape index (κ2) is 6.01. The lowest BCUT2D eigenvalue weighted by molar-refractivity contribution is -0.122. The van der Waals surface area contributed by atoms with E-state index in [4.69, 9.17) is 5.73 Å². The number of thiophene rings is 1. The van der Waals surface area contributed by atoms with E-state index in [1.165, 1.54) is 0 Å². The van der Waals surface area contributed by atoms with Gasteiger partial charge in [0, 0.05) is 17.3 Å². The minimum absolute atomic E-state index is 0.0137. The molecule has 0 radical (unpaired) electrons. The Morgan fingerprint density at radius 2 is 2.00 bits per heavy atom. The summed E-state index contributed by atoms with van der Waals surface area (Å²) < 4.78 is 1.11. The van der Waals surface area contributed by atoms with Crippen molar-refractivity contribution < 1.29 is 9.59 Å². The van der Waals surface area contributed by atoms with Crippen LogP contribution in [0, 0.1) is 8.80 Å². The van der Waals surface area contributed by atoms with Crippen LogP contribution >= 0.6 is 33.9 Å². The Balaban J connectivity index is 1.85. The van der Waals surface area contributed by atoms with Crippen molar-refractivity contribution in [3.8, 4) is 0 Å². The number of rotatable bonds is 3. The van der Waals surface area contributed by atoms with Crippen LogP contribution < -0.4 is 11.1 Å². The van der Waals surface area contributed by atoms with Crippen molar-refractivity contribution in [1.82, 2.24) is 5.32 Å². The van der Waals surface area contributed by atoms with E-state index in [0.29, 0.717) is 0 Å². The highest BCUT2D eigenvalue weighted by Crippen LogP contribution is 2.24. The highest BCUT2D eigenvalue weighted by atomic mass is 127. The molecule has 1 aliphatic rings. The summed E-state index contributed by atoms with van der Waals surface area (Å²) in [5.41, 5.74) is 6.01. The lowest BCUT2D eigenvalue weighted by Gasteiger charge is -2.27. The zero-order valence-corrected chi connectivity index (χ0v) is 12.8. The smallest absolute Gasteiger partial charge is 0.252 e. The summed E-state index contributed by atoms with van der Waals surface area (Å²) in [5.74, 6) is -0.246. The second-order valence-corrected chi connectivity index (χ2v) is 7.37. The van der Waals surface area contributed by atoms with E-state index >= 15 is 0 Å². The van der Waals surface area contributed by atoms with Crippen LogP contribution in [0.2, 0.25) is 0 Å². The minimum Gasteiger partial charge on any atom is -0.369 e. The molecule has 4 nitrogen and oxygen atoms in total. The molecule has 3 N–H and O–H groups in total. The molecule has 98 valence electrons. The molecule has 0 atom stereocenters. The highest BCUT2D eigenvalue weighted by Gasteiger charge is 2.25. The van der Waals surface area contributed by atoms with E-state index < -0.39 is 0 Å². The molecule has 0 spiro atoms. The molecule has 1 saturated carbocycles. The molecule has 1 fully saturated rings. The Bertz CT molecular complexity index is 453. The van der Waals surface area contributed by atoms with E-state index in [-0.39, 0.29) is 23.8 Å². The van der Waals surface area contributed by atoms with E-state index in [1.807, 2.05) is 11.4 Å². The number of hydrogen-bond acceptors (Lipinski definition) is 3. The van der Waals surface area contributed by atoms with Gasteiger partial charge < -0.3 is 11.1 Å². The van der Waals surface area contributed by atoms with Crippen LogP contribution in [0.15, 0.2) is 11.4 Å². The van der Waals surface area contributed by atoms with Crippen molar-refractivity contribution in [2.75, 3.05) is 0 Å². The quantitative estimate of drug-likeness (QED) is 0.791. The minimum atomic E-state index is -0.216. The molecule has 1 aromatic heterocycles. The number of carbonyl (C=O) groups excluding carboxylic acids is 2. The van der Waals surface area contributed by atoms with Crippen molar-refractivity contribution in [3.05, 3.63) is 19.9 Å². The summed E-state index contributed by atoms with van der Waals surface area (Å²) >= 11 is 3.77. The largest absolute Gasteiger partial charge is 0.369 e. The van der Waals surface area contributed by atoms with Gasteiger partial charge in [-0.3, -0.25) is 9.59 Å².